The first kappa shape index (κ1) is 28.0. The fourth-order valence-corrected chi connectivity index (χ4v) is 4.02. The number of hydrogen-bond donors (Lipinski definition) is 8. The van der Waals surface area contributed by atoms with Crippen molar-refractivity contribution < 1.29 is 24.6 Å². The minimum atomic E-state index is -1.22. The number of benzene rings is 2. The molecule has 0 bridgehead atoms. The summed E-state index contributed by atoms with van der Waals surface area (Å²) < 4.78 is 0. The van der Waals surface area contributed by atoms with E-state index in [0.29, 0.717) is 6.42 Å². The molecule has 202 valence electrons. The van der Waals surface area contributed by atoms with E-state index >= 15 is 0 Å². The van der Waals surface area contributed by atoms with Gasteiger partial charge >= 0.3 is 5.97 Å². The number of carbonyl (C=O) groups excluding carboxylic acids is 2. The van der Waals surface area contributed by atoms with E-state index < -0.39 is 35.9 Å². The van der Waals surface area contributed by atoms with Crippen molar-refractivity contribution in [1.82, 2.24) is 15.6 Å². The van der Waals surface area contributed by atoms with E-state index in [1.165, 1.54) is 12.1 Å². The molecule has 38 heavy (non-hydrogen) atoms. The first-order chi connectivity index (χ1) is 18.1. The van der Waals surface area contributed by atoms with Crippen LogP contribution in [-0.4, -0.2) is 63.6 Å². The molecule has 12 heteroatoms. The number of rotatable bonds is 13. The van der Waals surface area contributed by atoms with Gasteiger partial charge in [-0.05, 0) is 48.6 Å². The number of guanidine groups is 1. The second kappa shape index (κ2) is 13.1. The summed E-state index contributed by atoms with van der Waals surface area (Å²) >= 11 is 0. The summed E-state index contributed by atoms with van der Waals surface area (Å²) in [5, 5.41) is 25.2. The number of carbonyl (C=O) groups is 3. The summed E-state index contributed by atoms with van der Waals surface area (Å²) in [7, 11) is 0. The first-order valence-electron chi connectivity index (χ1n) is 12.1. The second-order valence-electron chi connectivity index (χ2n) is 8.95. The van der Waals surface area contributed by atoms with Crippen LogP contribution in [0.2, 0.25) is 0 Å². The van der Waals surface area contributed by atoms with Crippen LogP contribution >= 0.6 is 0 Å². The minimum Gasteiger partial charge on any atom is -0.508 e. The lowest BCUT2D eigenvalue weighted by Crippen LogP contribution is -2.55. The number of carboxylic acids is 1. The predicted octanol–water partition coefficient (Wildman–Crippen LogP) is 0.0938. The van der Waals surface area contributed by atoms with E-state index in [-0.39, 0.29) is 37.5 Å². The topological polar surface area (TPSA) is 222 Å². The maximum Gasteiger partial charge on any atom is 0.326 e. The monoisotopic (exact) mass is 523 g/mol. The van der Waals surface area contributed by atoms with Crippen molar-refractivity contribution in [3.63, 3.8) is 0 Å². The lowest BCUT2D eigenvalue weighted by Gasteiger charge is -2.23. The van der Waals surface area contributed by atoms with Gasteiger partial charge in [-0.15, -0.1) is 0 Å². The van der Waals surface area contributed by atoms with Crippen LogP contribution in [0.15, 0.2) is 59.7 Å². The highest BCUT2D eigenvalue weighted by atomic mass is 16.4. The molecule has 1 aromatic heterocycles. The van der Waals surface area contributed by atoms with Gasteiger partial charge in [-0.1, -0.05) is 30.3 Å². The summed E-state index contributed by atoms with van der Waals surface area (Å²) in [5.74, 6) is -2.46. The normalized spacial score (nSPS) is 13.3. The number of H-pyrrole nitrogens is 1. The molecular weight excluding hydrogens is 490 g/mol. The highest BCUT2D eigenvalue weighted by molar-refractivity contribution is 5.93. The number of aromatic hydroxyl groups is 1. The predicted molar refractivity (Wildman–Crippen MR) is 143 cm³/mol. The van der Waals surface area contributed by atoms with Crippen LogP contribution in [0.1, 0.15) is 24.0 Å². The van der Waals surface area contributed by atoms with Crippen LogP contribution in [0, 0.1) is 0 Å². The molecule has 3 rings (SSSR count). The molecule has 0 aliphatic rings. The molecule has 0 fully saturated rings. The largest absolute Gasteiger partial charge is 0.508 e. The molecule has 2 amide bonds. The molecule has 12 nitrogen and oxygen atoms in total. The quantitative estimate of drug-likeness (QED) is 0.0869. The Hall–Kier alpha value is -4.58. The summed E-state index contributed by atoms with van der Waals surface area (Å²) in [6, 6.07) is 10.5. The fraction of sp³-hybridized carbons (Fsp3) is 0.308. The minimum absolute atomic E-state index is 0.0893. The number of nitrogens with one attached hydrogen (secondary N) is 3. The molecule has 0 saturated carbocycles. The number of hydrogen-bond acceptors (Lipinski definition) is 6. The van der Waals surface area contributed by atoms with Crippen molar-refractivity contribution in [2.24, 2.45) is 22.2 Å². The van der Waals surface area contributed by atoms with Crippen molar-refractivity contribution in [3.05, 3.63) is 65.9 Å². The van der Waals surface area contributed by atoms with Crippen LogP contribution in [0.4, 0.5) is 0 Å². The Morgan fingerprint density at radius 1 is 0.947 bits per heavy atom. The molecule has 3 atom stereocenters. The summed E-state index contributed by atoms with van der Waals surface area (Å²) in [6.45, 7) is 0.212. The van der Waals surface area contributed by atoms with Crippen LogP contribution in [-0.2, 0) is 27.2 Å². The van der Waals surface area contributed by atoms with E-state index in [1.807, 2.05) is 24.3 Å². The smallest absolute Gasteiger partial charge is 0.326 e. The van der Waals surface area contributed by atoms with Crippen molar-refractivity contribution in [2.45, 2.75) is 43.8 Å². The molecular formula is C26H33N7O5. The molecule has 3 aromatic rings. The van der Waals surface area contributed by atoms with E-state index in [0.717, 1.165) is 22.0 Å². The standard InChI is InChI=1S/C26H33N7O5/c27-19(12-15-7-9-17(34)10-8-15)23(35)33-22(13-16-14-31-20-5-2-1-4-18(16)20)24(36)32-21(25(37)38)6-3-11-30-26(28)29/h1-2,4-5,7-10,14,19,21-22,31,34H,3,6,11-13,27H2,(H,32,36)(H,33,35)(H,37,38)(H4,28,29,30)/t19-,21-,22-/m0/s1. The van der Waals surface area contributed by atoms with Crippen molar-refractivity contribution in [1.29, 1.82) is 0 Å². The SMILES string of the molecule is NC(N)=NCCC[C@H](NC(=O)[C@H](Cc1c[nH]c2ccccc12)NC(=O)[C@@H](N)Cc1ccc(O)cc1)C(=O)O. The Bertz CT molecular complexity index is 1280. The van der Waals surface area contributed by atoms with Gasteiger partial charge in [-0.3, -0.25) is 14.6 Å². The number of fused-ring (bicyclic) bond motifs is 1. The highest BCUT2D eigenvalue weighted by Gasteiger charge is 2.29. The number of aliphatic imine (C=N–C) groups is 1. The maximum atomic E-state index is 13.3. The molecule has 2 aromatic carbocycles. The molecule has 0 aliphatic heterocycles. The average Bonchev–Trinajstić information content (AvgIpc) is 3.29. The number of phenolic OH excluding ortho intramolecular Hbond substituents is 1. The Morgan fingerprint density at radius 3 is 2.32 bits per heavy atom. The summed E-state index contributed by atoms with van der Waals surface area (Å²) in [5.41, 5.74) is 19.1. The van der Waals surface area contributed by atoms with Gasteiger partial charge in [0.15, 0.2) is 5.96 Å². The molecule has 0 radical (unpaired) electrons. The summed E-state index contributed by atoms with van der Waals surface area (Å²) in [4.78, 5) is 45.0. The van der Waals surface area contributed by atoms with Gasteiger partial charge in [0.2, 0.25) is 11.8 Å². The van der Waals surface area contributed by atoms with E-state index in [2.05, 4.69) is 20.6 Å². The number of para-hydroxylation sites is 1. The molecule has 0 aliphatic carbocycles. The van der Waals surface area contributed by atoms with E-state index in [1.54, 1.807) is 18.3 Å². The Balaban J connectivity index is 1.75. The van der Waals surface area contributed by atoms with Crippen LogP contribution < -0.4 is 27.8 Å². The lowest BCUT2D eigenvalue weighted by molar-refractivity contribution is -0.142. The van der Waals surface area contributed by atoms with Crippen molar-refractivity contribution in [3.8, 4) is 5.75 Å². The third-order valence-corrected chi connectivity index (χ3v) is 6.02. The van der Waals surface area contributed by atoms with Crippen LogP contribution in [0.3, 0.4) is 0 Å². The number of aromatic nitrogens is 1. The van der Waals surface area contributed by atoms with E-state index in [9.17, 15) is 24.6 Å². The zero-order chi connectivity index (χ0) is 27.7. The van der Waals surface area contributed by atoms with Gasteiger partial charge < -0.3 is 43.0 Å². The lowest BCUT2D eigenvalue weighted by atomic mass is 10.0. The number of amides is 2. The highest BCUT2D eigenvalue weighted by Crippen LogP contribution is 2.19. The Morgan fingerprint density at radius 2 is 1.63 bits per heavy atom. The van der Waals surface area contributed by atoms with Crippen molar-refractivity contribution in [2.75, 3.05) is 6.54 Å². The molecule has 0 saturated heterocycles. The number of phenols is 1. The molecule has 1 heterocycles. The number of aliphatic carboxylic acids is 1. The second-order valence-corrected chi connectivity index (χ2v) is 8.95. The average molecular weight is 524 g/mol. The summed E-state index contributed by atoms with van der Waals surface area (Å²) in [6.07, 6.45) is 2.44. The van der Waals surface area contributed by atoms with Gasteiger partial charge in [0.05, 0.1) is 6.04 Å². The number of nitrogens with two attached hydrogens (primary N) is 3. The number of aromatic amines is 1. The third kappa shape index (κ3) is 7.96. The Labute approximate surface area is 219 Å². The van der Waals surface area contributed by atoms with Crippen molar-refractivity contribution >= 4 is 34.6 Å². The zero-order valence-electron chi connectivity index (χ0n) is 20.8. The van der Waals surface area contributed by atoms with Crippen LogP contribution in [0.5, 0.6) is 5.75 Å². The van der Waals surface area contributed by atoms with E-state index in [4.69, 9.17) is 17.2 Å². The third-order valence-electron chi connectivity index (χ3n) is 6.02. The number of carboxylic acid groups (broad SMARTS) is 1. The number of nitrogens with zero attached hydrogens (tertiary/aromatic N) is 1. The Kier molecular flexibility index (Phi) is 9.66. The van der Waals surface area contributed by atoms with Gasteiger partial charge in [-0.2, -0.15) is 0 Å². The zero-order valence-corrected chi connectivity index (χ0v) is 20.8. The van der Waals surface area contributed by atoms with Gasteiger partial charge in [0, 0.05) is 30.1 Å². The first-order valence-corrected chi connectivity index (χ1v) is 12.1. The molecule has 0 spiro atoms. The maximum absolute atomic E-state index is 13.3. The van der Waals surface area contributed by atoms with Gasteiger partial charge in [0.25, 0.3) is 0 Å². The fourth-order valence-electron chi connectivity index (χ4n) is 4.02. The van der Waals surface area contributed by atoms with Crippen LogP contribution in [0.25, 0.3) is 10.9 Å². The molecule has 0 unspecified atom stereocenters. The molecule has 11 N–H and O–H groups in total. The van der Waals surface area contributed by atoms with Gasteiger partial charge in [0.1, 0.15) is 17.8 Å². The van der Waals surface area contributed by atoms with Gasteiger partial charge in [-0.25, -0.2) is 4.79 Å².